The second kappa shape index (κ2) is 7.61. The normalized spacial score (nSPS) is 22.9. The third-order valence-corrected chi connectivity index (χ3v) is 4.95. The molecule has 1 unspecified atom stereocenters. The van der Waals surface area contributed by atoms with E-state index < -0.39 is 0 Å². The molecule has 2 fully saturated rings. The Morgan fingerprint density at radius 2 is 2.00 bits per heavy atom. The number of hydrogen-bond donors (Lipinski definition) is 1. The van der Waals surface area contributed by atoms with E-state index in [-0.39, 0.29) is 24.4 Å². The maximum absolute atomic E-state index is 12.8. The number of carbonyl (C=O) groups is 1. The first-order chi connectivity index (χ1) is 9.75. The molecular formula is C16H22BrClN2O. The van der Waals surface area contributed by atoms with E-state index in [4.69, 9.17) is 0 Å². The molecule has 2 aliphatic rings. The fourth-order valence-electron chi connectivity index (χ4n) is 3.39. The van der Waals surface area contributed by atoms with Gasteiger partial charge in [0, 0.05) is 16.9 Å². The molecule has 21 heavy (non-hydrogen) atoms. The summed E-state index contributed by atoms with van der Waals surface area (Å²) in [5, 5.41) is 3.33. The maximum Gasteiger partial charge on any atom is 0.226 e. The van der Waals surface area contributed by atoms with Crippen LogP contribution in [0.25, 0.3) is 0 Å². The Kier molecular flexibility index (Phi) is 6.08. The number of likely N-dealkylation sites (tertiary alicyclic amines) is 1. The topological polar surface area (TPSA) is 32.3 Å². The van der Waals surface area contributed by atoms with Crippen LogP contribution >= 0.6 is 28.3 Å². The molecule has 2 aliphatic heterocycles. The Hall–Kier alpha value is -0.580. The number of piperidine rings is 1. The highest BCUT2D eigenvalue weighted by Gasteiger charge is 2.34. The van der Waals surface area contributed by atoms with Gasteiger partial charge in [0.25, 0.3) is 0 Å². The van der Waals surface area contributed by atoms with E-state index in [1.165, 1.54) is 5.56 Å². The third-order valence-electron chi connectivity index (χ3n) is 4.46. The van der Waals surface area contributed by atoms with Gasteiger partial charge < -0.3 is 10.2 Å². The van der Waals surface area contributed by atoms with Gasteiger partial charge in [-0.15, -0.1) is 12.4 Å². The van der Waals surface area contributed by atoms with E-state index in [1.54, 1.807) is 0 Å². The van der Waals surface area contributed by atoms with Crippen molar-refractivity contribution in [1.29, 1.82) is 0 Å². The highest BCUT2D eigenvalue weighted by Crippen LogP contribution is 2.35. The van der Waals surface area contributed by atoms with E-state index in [1.807, 2.05) is 6.07 Å². The van der Waals surface area contributed by atoms with Gasteiger partial charge in [0.05, 0.1) is 6.04 Å². The van der Waals surface area contributed by atoms with Gasteiger partial charge in [0.15, 0.2) is 0 Å². The van der Waals surface area contributed by atoms with E-state index >= 15 is 0 Å². The van der Waals surface area contributed by atoms with Crippen molar-refractivity contribution in [3.05, 3.63) is 34.3 Å². The van der Waals surface area contributed by atoms with Crippen molar-refractivity contribution in [1.82, 2.24) is 10.2 Å². The minimum Gasteiger partial charge on any atom is -0.335 e. The van der Waals surface area contributed by atoms with Crippen LogP contribution in [0.4, 0.5) is 0 Å². The van der Waals surface area contributed by atoms with Crippen LogP contribution in [-0.4, -0.2) is 30.4 Å². The lowest BCUT2D eigenvalue weighted by atomic mass is 9.95. The Morgan fingerprint density at radius 3 is 2.71 bits per heavy atom. The lowest BCUT2D eigenvalue weighted by molar-refractivity contribution is -0.137. The van der Waals surface area contributed by atoms with Crippen LogP contribution in [0.2, 0.25) is 0 Å². The summed E-state index contributed by atoms with van der Waals surface area (Å²) in [6.45, 7) is 2.87. The predicted octanol–water partition coefficient (Wildman–Crippen LogP) is 3.53. The first kappa shape index (κ1) is 16.8. The van der Waals surface area contributed by atoms with Crippen LogP contribution in [0.15, 0.2) is 28.7 Å². The fourth-order valence-corrected chi connectivity index (χ4v) is 3.81. The molecule has 0 bridgehead atoms. The number of benzene rings is 1. The summed E-state index contributed by atoms with van der Waals surface area (Å²) in [6, 6.07) is 8.67. The van der Waals surface area contributed by atoms with Crippen LogP contribution in [0.3, 0.4) is 0 Å². The summed E-state index contributed by atoms with van der Waals surface area (Å²) < 4.78 is 1.09. The molecule has 0 spiro atoms. The number of amides is 1. The zero-order valence-electron chi connectivity index (χ0n) is 12.1. The number of halogens is 2. The fraction of sp³-hybridized carbons (Fsp3) is 0.562. The van der Waals surface area contributed by atoms with Crippen LogP contribution in [0.1, 0.15) is 37.3 Å². The van der Waals surface area contributed by atoms with Crippen LogP contribution in [-0.2, 0) is 4.79 Å². The highest BCUT2D eigenvalue weighted by atomic mass is 79.9. The minimum atomic E-state index is 0. The van der Waals surface area contributed by atoms with Crippen molar-refractivity contribution in [2.24, 2.45) is 5.92 Å². The van der Waals surface area contributed by atoms with Crippen molar-refractivity contribution >= 4 is 34.2 Å². The van der Waals surface area contributed by atoms with Gasteiger partial charge in [-0.3, -0.25) is 4.79 Å². The lowest BCUT2D eigenvalue weighted by Gasteiger charge is -2.31. The largest absolute Gasteiger partial charge is 0.335 e. The second-order valence-corrected chi connectivity index (χ2v) is 6.68. The molecule has 1 atom stereocenters. The van der Waals surface area contributed by atoms with E-state index in [0.717, 1.165) is 49.8 Å². The van der Waals surface area contributed by atoms with E-state index in [2.05, 4.69) is 44.3 Å². The molecule has 2 saturated heterocycles. The first-order valence-corrected chi connectivity index (χ1v) is 8.31. The van der Waals surface area contributed by atoms with Crippen LogP contribution in [0.5, 0.6) is 0 Å². The Balaban J connectivity index is 0.00000161. The SMILES string of the molecule is Cl.O=C(C1CCNCC1)N1CCCC1c1cccc(Br)c1. The molecule has 0 saturated carbocycles. The minimum absolute atomic E-state index is 0. The quantitative estimate of drug-likeness (QED) is 0.860. The summed E-state index contributed by atoms with van der Waals surface area (Å²) in [4.78, 5) is 14.9. The first-order valence-electron chi connectivity index (χ1n) is 7.52. The summed E-state index contributed by atoms with van der Waals surface area (Å²) in [5.74, 6) is 0.595. The van der Waals surface area contributed by atoms with Gasteiger partial charge in [0.2, 0.25) is 5.91 Å². The Morgan fingerprint density at radius 1 is 1.24 bits per heavy atom. The average molecular weight is 374 g/mol. The zero-order valence-corrected chi connectivity index (χ0v) is 14.5. The smallest absolute Gasteiger partial charge is 0.226 e. The standard InChI is InChI=1S/C16H21BrN2O.ClH/c17-14-4-1-3-13(11-14)15-5-2-10-19(15)16(20)12-6-8-18-9-7-12;/h1,3-4,11-12,15,18H,2,5-10H2;1H. The van der Waals surface area contributed by atoms with Crippen molar-refractivity contribution in [2.45, 2.75) is 31.7 Å². The summed E-state index contributed by atoms with van der Waals surface area (Å²) in [6.07, 6.45) is 4.18. The number of rotatable bonds is 2. The van der Waals surface area contributed by atoms with Crippen molar-refractivity contribution < 1.29 is 4.79 Å². The monoisotopic (exact) mass is 372 g/mol. The van der Waals surface area contributed by atoms with Gasteiger partial charge in [-0.25, -0.2) is 0 Å². The summed E-state index contributed by atoms with van der Waals surface area (Å²) >= 11 is 3.53. The van der Waals surface area contributed by atoms with Crippen LogP contribution in [0, 0.1) is 5.92 Å². The van der Waals surface area contributed by atoms with Crippen molar-refractivity contribution in [3.8, 4) is 0 Å². The number of nitrogens with one attached hydrogen (secondary N) is 1. The molecule has 3 rings (SSSR count). The van der Waals surface area contributed by atoms with Gasteiger partial charge in [-0.05, 0) is 56.5 Å². The molecule has 1 amide bonds. The molecule has 1 aromatic rings. The van der Waals surface area contributed by atoms with Crippen molar-refractivity contribution in [2.75, 3.05) is 19.6 Å². The number of nitrogens with zero attached hydrogens (tertiary/aromatic N) is 1. The molecule has 3 nitrogen and oxygen atoms in total. The molecule has 0 aliphatic carbocycles. The molecule has 2 heterocycles. The maximum atomic E-state index is 12.8. The number of hydrogen-bond acceptors (Lipinski definition) is 2. The Bertz CT molecular complexity index is 491. The van der Waals surface area contributed by atoms with E-state index in [9.17, 15) is 4.79 Å². The third kappa shape index (κ3) is 3.79. The summed E-state index contributed by atoms with van der Waals surface area (Å²) in [7, 11) is 0. The van der Waals surface area contributed by atoms with Gasteiger partial charge in [0.1, 0.15) is 0 Å². The highest BCUT2D eigenvalue weighted by molar-refractivity contribution is 9.10. The Labute approximate surface area is 141 Å². The molecule has 0 radical (unpaired) electrons. The summed E-state index contributed by atoms with van der Waals surface area (Å²) in [5.41, 5.74) is 1.26. The molecule has 1 aromatic carbocycles. The molecule has 0 aromatic heterocycles. The van der Waals surface area contributed by atoms with Gasteiger partial charge >= 0.3 is 0 Å². The van der Waals surface area contributed by atoms with Gasteiger partial charge in [-0.1, -0.05) is 28.1 Å². The molecule has 116 valence electrons. The van der Waals surface area contributed by atoms with Gasteiger partial charge in [-0.2, -0.15) is 0 Å². The van der Waals surface area contributed by atoms with Crippen LogP contribution < -0.4 is 5.32 Å². The molecular weight excluding hydrogens is 352 g/mol. The average Bonchev–Trinajstić information content (AvgIpc) is 2.97. The lowest BCUT2D eigenvalue weighted by Crippen LogP contribution is -2.40. The number of carbonyl (C=O) groups excluding carboxylic acids is 1. The second-order valence-electron chi connectivity index (χ2n) is 5.77. The zero-order chi connectivity index (χ0) is 13.9. The predicted molar refractivity (Wildman–Crippen MR) is 90.7 cm³/mol. The molecule has 1 N–H and O–H groups in total. The molecule has 5 heteroatoms. The van der Waals surface area contributed by atoms with E-state index in [0.29, 0.717) is 5.91 Å². The van der Waals surface area contributed by atoms with Crippen molar-refractivity contribution in [3.63, 3.8) is 0 Å².